The van der Waals surface area contributed by atoms with Crippen molar-refractivity contribution >= 4 is 10.9 Å². The normalized spacial score (nSPS) is 10.8. The average molecular weight is 322 g/mol. The van der Waals surface area contributed by atoms with E-state index in [1.165, 1.54) is 10.9 Å². The molecule has 0 saturated heterocycles. The maximum atomic E-state index is 5.34. The number of fused-ring (bicyclic) bond motifs is 1. The first kappa shape index (κ1) is 16.3. The third-order valence-corrected chi connectivity index (χ3v) is 4.00. The minimum Gasteiger partial charge on any atom is -0.493 e. The Morgan fingerprint density at radius 1 is 0.917 bits per heavy atom. The van der Waals surface area contributed by atoms with Crippen LogP contribution < -0.4 is 14.8 Å². The van der Waals surface area contributed by atoms with Crippen LogP contribution in [0.4, 0.5) is 0 Å². The summed E-state index contributed by atoms with van der Waals surface area (Å²) in [5.74, 6) is 1.53. The predicted molar refractivity (Wildman–Crippen MR) is 96.7 cm³/mol. The van der Waals surface area contributed by atoms with Gasteiger partial charge in [0.25, 0.3) is 0 Å². The van der Waals surface area contributed by atoms with Gasteiger partial charge in [0.05, 0.1) is 25.4 Å². The van der Waals surface area contributed by atoms with Gasteiger partial charge in [0.2, 0.25) is 0 Å². The highest BCUT2D eigenvalue weighted by Gasteiger charge is 2.04. The van der Waals surface area contributed by atoms with Crippen LogP contribution in [0.2, 0.25) is 0 Å². The van der Waals surface area contributed by atoms with E-state index in [1.807, 2.05) is 30.3 Å². The molecule has 0 aliphatic heterocycles. The summed E-state index contributed by atoms with van der Waals surface area (Å²) < 4.78 is 10.6. The molecule has 2 aromatic carbocycles. The lowest BCUT2D eigenvalue weighted by atomic mass is 10.1. The summed E-state index contributed by atoms with van der Waals surface area (Å²) in [6.45, 7) is 1.64. The molecule has 0 atom stereocenters. The fourth-order valence-corrected chi connectivity index (χ4v) is 2.69. The Bertz CT molecular complexity index is 818. The van der Waals surface area contributed by atoms with Crippen molar-refractivity contribution < 1.29 is 9.47 Å². The molecule has 0 amide bonds. The van der Waals surface area contributed by atoms with Crippen molar-refractivity contribution in [2.75, 3.05) is 20.8 Å². The number of aromatic nitrogens is 1. The summed E-state index contributed by atoms with van der Waals surface area (Å²) in [4.78, 5) is 4.67. The number of pyridine rings is 1. The second kappa shape index (κ2) is 7.79. The van der Waals surface area contributed by atoms with Crippen molar-refractivity contribution in [1.29, 1.82) is 0 Å². The van der Waals surface area contributed by atoms with E-state index in [2.05, 4.69) is 34.6 Å². The highest BCUT2D eigenvalue weighted by atomic mass is 16.5. The van der Waals surface area contributed by atoms with Gasteiger partial charge < -0.3 is 14.8 Å². The largest absolute Gasteiger partial charge is 0.493 e. The van der Waals surface area contributed by atoms with Crippen LogP contribution in [0.5, 0.6) is 11.5 Å². The van der Waals surface area contributed by atoms with Crippen LogP contribution in [-0.4, -0.2) is 25.7 Å². The third kappa shape index (κ3) is 3.84. The van der Waals surface area contributed by atoms with Gasteiger partial charge in [0.1, 0.15) is 0 Å². The molecule has 0 unspecified atom stereocenters. The fraction of sp³-hybridized carbons (Fsp3) is 0.250. The minimum absolute atomic E-state index is 0.759. The first-order valence-electron chi connectivity index (χ1n) is 8.06. The van der Waals surface area contributed by atoms with Crippen LogP contribution in [-0.2, 0) is 13.0 Å². The van der Waals surface area contributed by atoms with Crippen LogP contribution in [0.1, 0.15) is 11.3 Å². The third-order valence-electron chi connectivity index (χ3n) is 4.00. The standard InChI is InChI=1S/C20H22N2O2/c1-23-19-10-7-15(13-20(19)24-2)11-12-21-14-17-9-8-16-5-3-4-6-18(16)22-17/h3-10,13,21H,11-12,14H2,1-2H3. The Morgan fingerprint density at radius 2 is 1.75 bits per heavy atom. The molecule has 1 N–H and O–H groups in total. The summed E-state index contributed by atoms with van der Waals surface area (Å²) in [5.41, 5.74) is 3.31. The monoisotopic (exact) mass is 322 g/mol. The van der Waals surface area contributed by atoms with Crippen molar-refractivity contribution in [3.8, 4) is 11.5 Å². The molecular weight excluding hydrogens is 300 g/mol. The van der Waals surface area contributed by atoms with Crippen molar-refractivity contribution in [3.63, 3.8) is 0 Å². The van der Waals surface area contributed by atoms with Crippen molar-refractivity contribution in [2.45, 2.75) is 13.0 Å². The van der Waals surface area contributed by atoms with Crippen molar-refractivity contribution in [1.82, 2.24) is 10.3 Å². The second-order valence-electron chi connectivity index (χ2n) is 5.61. The molecule has 0 bridgehead atoms. The molecule has 0 spiro atoms. The zero-order valence-corrected chi connectivity index (χ0v) is 14.1. The van der Waals surface area contributed by atoms with E-state index in [4.69, 9.17) is 9.47 Å². The molecule has 24 heavy (non-hydrogen) atoms. The summed E-state index contributed by atoms with van der Waals surface area (Å²) in [7, 11) is 3.31. The lowest BCUT2D eigenvalue weighted by Gasteiger charge is -2.10. The Labute approximate surface area is 142 Å². The van der Waals surface area contributed by atoms with Gasteiger partial charge in [-0.25, -0.2) is 0 Å². The van der Waals surface area contributed by atoms with Crippen LogP contribution in [0, 0.1) is 0 Å². The second-order valence-corrected chi connectivity index (χ2v) is 5.61. The molecule has 0 saturated carbocycles. The Hall–Kier alpha value is -2.59. The molecule has 1 aromatic heterocycles. The lowest BCUT2D eigenvalue weighted by Crippen LogP contribution is -2.17. The van der Waals surface area contributed by atoms with Gasteiger partial charge in [-0.1, -0.05) is 30.3 Å². The number of rotatable bonds is 7. The van der Waals surface area contributed by atoms with Crippen LogP contribution in [0.25, 0.3) is 10.9 Å². The zero-order chi connectivity index (χ0) is 16.8. The highest BCUT2D eigenvalue weighted by molar-refractivity contribution is 5.78. The van der Waals surface area contributed by atoms with Crippen LogP contribution in [0.3, 0.4) is 0 Å². The van der Waals surface area contributed by atoms with Gasteiger partial charge in [-0.2, -0.15) is 0 Å². The maximum Gasteiger partial charge on any atom is 0.160 e. The number of ether oxygens (including phenoxy) is 2. The van der Waals surface area contributed by atoms with Gasteiger partial charge in [-0.05, 0) is 42.8 Å². The summed E-state index contributed by atoms with van der Waals surface area (Å²) in [6.07, 6.45) is 0.925. The molecule has 0 aliphatic carbocycles. The SMILES string of the molecule is COc1ccc(CCNCc2ccc3ccccc3n2)cc1OC. The van der Waals surface area contributed by atoms with Crippen molar-refractivity contribution in [2.24, 2.45) is 0 Å². The molecule has 3 aromatic rings. The summed E-state index contributed by atoms with van der Waals surface area (Å²) >= 11 is 0. The Balaban J connectivity index is 1.54. The van der Waals surface area contributed by atoms with E-state index in [0.29, 0.717) is 0 Å². The molecule has 0 aliphatic rings. The summed E-state index contributed by atoms with van der Waals surface area (Å²) in [5, 5.41) is 4.62. The molecule has 124 valence electrons. The van der Waals surface area contributed by atoms with Gasteiger partial charge in [-0.3, -0.25) is 4.98 Å². The van der Waals surface area contributed by atoms with E-state index in [0.717, 1.165) is 42.2 Å². The molecule has 0 radical (unpaired) electrons. The molecule has 1 heterocycles. The van der Waals surface area contributed by atoms with Gasteiger partial charge in [0.15, 0.2) is 11.5 Å². The number of hydrogen-bond acceptors (Lipinski definition) is 4. The van der Waals surface area contributed by atoms with Crippen LogP contribution in [0.15, 0.2) is 54.6 Å². The minimum atomic E-state index is 0.759. The fourth-order valence-electron chi connectivity index (χ4n) is 2.69. The molecule has 3 rings (SSSR count). The maximum absolute atomic E-state index is 5.34. The molecular formula is C20H22N2O2. The number of methoxy groups -OCH3 is 2. The van der Waals surface area contributed by atoms with Gasteiger partial charge in [-0.15, -0.1) is 0 Å². The molecule has 0 fully saturated rings. The molecule has 4 nitrogen and oxygen atoms in total. The first-order chi connectivity index (χ1) is 11.8. The van der Waals surface area contributed by atoms with Crippen molar-refractivity contribution in [3.05, 3.63) is 65.9 Å². The lowest BCUT2D eigenvalue weighted by molar-refractivity contribution is 0.354. The topological polar surface area (TPSA) is 43.4 Å². The van der Waals surface area contributed by atoms with Gasteiger partial charge >= 0.3 is 0 Å². The number of benzene rings is 2. The van der Waals surface area contributed by atoms with E-state index < -0.39 is 0 Å². The number of hydrogen-bond donors (Lipinski definition) is 1. The quantitative estimate of drug-likeness (QED) is 0.675. The first-order valence-corrected chi connectivity index (χ1v) is 8.06. The Kier molecular flexibility index (Phi) is 5.29. The van der Waals surface area contributed by atoms with E-state index in [-0.39, 0.29) is 0 Å². The summed E-state index contributed by atoms with van der Waals surface area (Å²) in [6, 6.07) is 18.4. The van der Waals surface area contributed by atoms with Gasteiger partial charge in [0, 0.05) is 11.9 Å². The van der Waals surface area contributed by atoms with Crippen LogP contribution >= 0.6 is 0 Å². The highest BCUT2D eigenvalue weighted by Crippen LogP contribution is 2.27. The predicted octanol–water partition coefficient (Wildman–Crippen LogP) is 3.58. The number of nitrogens with zero attached hydrogens (tertiary/aromatic N) is 1. The number of nitrogens with one attached hydrogen (secondary N) is 1. The zero-order valence-electron chi connectivity index (χ0n) is 14.1. The van der Waals surface area contributed by atoms with E-state index in [9.17, 15) is 0 Å². The smallest absolute Gasteiger partial charge is 0.160 e. The Morgan fingerprint density at radius 3 is 2.58 bits per heavy atom. The van der Waals surface area contributed by atoms with E-state index in [1.54, 1.807) is 14.2 Å². The van der Waals surface area contributed by atoms with E-state index >= 15 is 0 Å². The average Bonchev–Trinajstić information content (AvgIpc) is 2.65. The molecule has 4 heteroatoms. The number of para-hydroxylation sites is 1.